The van der Waals surface area contributed by atoms with Crippen molar-refractivity contribution in [1.29, 1.82) is 0 Å². The van der Waals surface area contributed by atoms with Crippen molar-refractivity contribution in [1.82, 2.24) is 0 Å². The Kier molecular flexibility index (Phi) is 4.26. The van der Waals surface area contributed by atoms with Crippen LogP contribution in [0.25, 0.3) is 0 Å². The van der Waals surface area contributed by atoms with Gasteiger partial charge in [0, 0.05) is 16.0 Å². The van der Waals surface area contributed by atoms with Crippen LogP contribution in [0.3, 0.4) is 0 Å². The van der Waals surface area contributed by atoms with E-state index in [1.807, 2.05) is 0 Å². The summed E-state index contributed by atoms with van der Waals surface area (Å²) in [4.78, 5) is 22.4. The lowest BCUT2D eigenvalue weighted by molar-refractivity contribution is -0.387. The lowest BCUT2D eigenvalue weighted by Gasteiger charge is -2.04. The van der Waals surface area contributed by atoms with Gasteiger partial charge in [-0.05, 0) is 36.4 Å². The lowest BCUT2D eigenvalue weighted by Crippen LogP contribution is -1.95. The van der Waals surface area contributed by atoms with Gasteiger partial charge < -0.3 is 5.11 Å². The third-order valence-corrected chi connectivity index (χ3v) is 3.75. The second kappa shape index (κ2) is 5.94. The molecule has 0 saturated heterocycles. The Bertz CT molecular complexity index is 673. The summed E-state index contributed by atoms with van der Waals surface area (Å²) in [5.41, 5.74) is 0.0877. The Morgan fingerprint density at radius 2 is 1.85 bits per heavy atom. The van der Waals surface area contributed by atoms with E-state index < -0.39 is 10.9 Å². The molecular formula is C13H8ClNO4S. The van der Waals surface area contributed by atoms with Gasteiger partial charge >= 0.3 is 5.97 Å². The molecule has 7 heteroatoms. The number of nitro groups is 1. The van der Waals surface area contributed by atoms with Crippen LogP contribution in [-0.4, -0.2) is 16.0 Å². The van der Waals surface area contributed by atoms with Gasteiger partial charge in [-0.15, -0.1) is 0 Å². The van der Waals surface area contributed by atoms with E-state index in [4.69, 9.17) is 16.7 Å². The minimum Gasteiger partial charge on any atom is -0.478 e. The van der Waals surface area contributed by atoms with E-state index in [1.165, 1.54) is 30.0 Å². The van der Waals surface area contributed by atoms with Crippen molar-refractivity contribution in [2.24, 2.45) is 0 Å². The zero-order valence-electron chi connectivity index (χ0n) is 9.95. The molecule has 0 fully saturated rings. The number of halogens is 1. The second-order valence-electron chi connectivity index (χ2n) is 3.80. The summed E-state index contributed by atoms with van der Waals surface area (Å²) in [6.45, 7) is 0. The number of rotatable bonds is 4. The molecule has 2 aromatic rings. The molecule has 0 aromatic heterocycles. The molecule has 102 valence electrons. The maximum absolute atomic E-state index is 11.0. The van der Waals surface area contributed by atoms with Gasteiger partial charge in [0.25, 0.3) is 5.69 Å². The van der Waals surface area contributed by atoms with Crippen molar-refractivity contribution in [3.63, 3.8) is 0 Å². The van der Waals surface area contributed by atoms with Gasteiger partial charge in [-0.1, -0.05) is 23.4 Å². The Morgan fingerprint density at radius 3 is 2.40 bits per heavy atom. The molecule has 0 heterocycles. The first-order valence-corrected chi connectivity index (χ1v) is 6.62. The summed E-state index contributed by atoms with van der Waals surface area (Å²) < 4.78 is 0. The molecule has 0 unspecified atom stereocenters. The third kappa shape index (κ3) is 3.28. The average Bonchev–Trinajstić information content (AvgIpc) is 2.41. The van der Waals surface area contributed by atoms with E-state index in [-0.39, 0.29) is 11.3 Å². The minimum atomic E-state index is -1.01. The van der Waals surface area contributed by atoms with Crippen molar-refractivity contribution < 1.29 is 14.8 Å². The molecule has 2 aromatic carbocycles. The molecule has 1 N–H and O–H groups in total. The summed E-state index contributed by atoms with van der Waals surface area (Å²) in [5, 5.41) is 20.1. The van der Waals surface area contributed by atoms with Gasteiger partial charge in [0.1, 0.15) is 0 Å². The molecule has 0 spiro atoms. The van der Waals surface area contributed by atoms with Crippen LogP contribution in [0.2, 0.25) is 5.02 Å². The molecule has 0 amide bonds. The highest BCUT2D eigenvalue weighted by Gasteiger charge is 2.15. The second-order valence-corrected chi connectivity index (χ2v) is 5.35. The SMILES string of the molecule is O=C(O)c1ccc(Sc2ccc(Cl)cc2[N+](=O)[O-])cc1. The van der Waals surface area contributed by atoms with Crippen LogP contribution in [0.15, 0.2) is 52.3 Å². The molecule has 0 aliphatic carbocycles. The highest BCUT2D eigenvalue weighted by atomic mass is 35.5. The third-order valence-electron chi connectivity index (χ3n) is 2.45. The standard InChI is InChI=1S/C13H8ClNO4S/c14-9-3-6-12(11(7-9)15(18)19)20-10-4-1-8(2-5-10)13(16)17/h1-7H,(H,16,17). The maximum Gasteiger partial charge on any atom is 0.335 e. The molecule has 5 nitrogen and oxygen atoms in total. The fourth-order valence-electron chi connectivity index (χ4n) is 1.51. The number of nitrogens with zero attached hydrogens (tertiary/aromatic N) is 1. The maximum atomic E-state index is 11.0. The van der Waals surface area contributed by atoms with Crippen LogP contribution in [-0.2, 0) is 0 Å². The molecule has 0 radical (unpaired) electrons. The quantitative estimate of drug-likeness (QED) is 0.679. The highest BCUT2D eigenvalue weighted by Crippen LogP contribution is 2.36. The summed E-state index contributed by atoms with van der Waals surface area (Å²) in [6.07, 6.45) is 0. The fraction of sp³-hybridized carbons (Fsp3) is 0. The van der Waals surface area contributed by atoms with Crippen molar-refractivity contribution in [3.05, 3.63) is 63.2 Å². The number of carboxylic acids is 1. The van der Waals surface area contributed by atoms with Crippen LogP contribution < -0.4 is 0 Å². The Balaban J connectivity index is 2.30. The molecule has 2 rings (SSSR count). The largest absolute Gasteiger partial charge is 0.478 e. The first-order valence-electron chi connectivity index (χ1n) is 5.42. The van der Waals surface area contributed by atoms with E-state index >= 15 is 0 Å². The molecule has 20 heavy (non-hydrogen) atoms. The van der Waals surface area contributed by atoms with Crippen molar-refractivity contribution in [2.45, 2.75) is 9.79 Å². The molecular weight excluding hydrogens is 302 g/mol. The van der Waals surface area contributed by atoms with Crippen LogP contribution in [0, 0.1) is 10.1 Å². The van der Waals surface area contributed by atoms with E-state index in [9.17, 15) is 14.9 Å². The zero-order valence-corrected chi connectivity index (χ0v) is 11.5. The van der Waals surface area contributed by atoms with E-state index in [1.54, 1.807) is 24.3 Å². The predicted octanol–water partition coefficient (Wildman–Crippen LogP) is 4.10. The number of carbonyl (C=O) groups is 1. The molecule has 0 saturated carbocycles. The summed E-state index contributed by atoms with van der Waals surface area (Å²) in [5.74, 6) is -1.01. The van der Waals surface area contributed by atoms with Gasteiger partial charge in [0.2, 0.25) is 0 Å². The van der Waals surface area contributed by atoms with Crippen LogP contribution in [0.4, 0.5) is 5.69 Å². The summed E-state index contributed by atoms with van der Waals surface area (Å²) in [7, 11) is 0. The summed E-state index contributed by atoms with van der Waals surface area (Å²) >= 11 is 6.92. The fourth-order valence-corrected chi connectivity index (χ4v) is 2.58. The minimum absolute atomic E-state index is 0.0789. The van der Waals surface area contributed by atoms with E-state index in [0.717, 1.165) is 0 Å². The van der Waals surface area contributed by atoms with Crippen molar-refractivity contribution in [2.75, 3.05) is 0 Å². The van der Waals surface area contributed by atoms with Gasteiger partial charge in [0.05, 0.1) is 15.4 Å². The van der Waals surface area contributed by atoms with Crippen LogP contribution in [0.5, 0.6) is 0 Å². The average molecular weight is 310 g/mol. The van der Waals surface area contributed by atoms with E-state index in [2.05, 4.69) is 0 Å². The van der Waals surface area contributed by atoms with Crippen LogP contribution >= 0.6 is 23.4 Å². The number of carboxylic acid groups (broad SMARTS) is 1. The Morgan fingerprint density at radius 1 is 1.20 bits per heavy atom. The number of aromatic carboxylic acids is 1. The molecule has 0 aliphatic heterocycles. The van der Waals surface area contributed by atoms with Crippen molar-refractivity contribution in [3.8, 4) is 0 Å². The molecule has 0 atom stereocenters. The predicted molar refractivity (Wildman–Crippen MR) is 75.6 cm³/mol. The number of benzene rings is 2. The van der Waals surface area contributed by atoms with E-state index in [0.29, 0.717) is 14.8 Å². The van der Waals surface area contributed by atoms with Gasteiger partial charge in [-0.2, -0.15) is 0 Å². The first kappa shape index (κ1) is 14.4. The lowest BCUT2D eigenvalue weighted by atomic mass is 10.2. The smallest absolute Gasteiger partial charge is 0.335 e. The monoisotopic (exact) mass is 309 g/mol. The van der Waals surface area contributed by atoms with Crippen LogP contribution in [0.1, 0.15) is 10.4 Å². The number of hydrogen-bond donors (Lipinski definition) is 1. The Labute approximate surface area is 123 Å². The molecule has 0 bridgehead atoms. The number of hydrogen-bond acceptors (Lipinski definition) is 4. The van der Waals surface area contributed by atoms with Crippen molar-refractivity contribution >= 4 is 35.0 Å². The zero-order chi connectivity index (χ0) is 14.7. The topological polar surface area (TPSA) is 80.4 Å². The van der Waals surface area contributed by atoms with Gasteiger partial charge in [-0.25, -0.2) is 4.79 Å². The Hall–Kier alpha value is -2.05. The first-order chi connectivity index (χ1) is 9.47. The molecule has 0 aliphatic rings. The summed E-state index contributed by atoms with van der Waals surface area (Å²) in [6, 6.07) is 10.5. The normalized spacial score (nSPS) is 10.2. The highest BCUT2D eigenvalue weighted by molar-refractivity contribution is 7.99. The van der Waals surface area contributed by atoms with Gasteiger partial charge in [0.15, 0.2) is 0 Å². The number of nitro benzene ring substituents is 1. The van der Waals surface area contributed by atoms with Gasteiger partial charge in [-0.3, -0.25) is 10.1 Å².